The molecular formula is C25H26N2O3. The van der Waals surface area contributed by atoms with Crippen LogP contribution in [0.3, 0.4) is 0 Å². The highest BCUT2D eigenvalue weighted by Gasteiger charge is 2.18. The molecule has 0 aliphatic heterocycles. The van der Waals surface area contributed by atoms with Crippen molar-refractivity contribution < 1.29 is 14.3 Å². The van der Waals surface area contributed by atoms with Crippen LogP contribution in [0, 0.1) is 20.8 Å². The summed E-state index contributed by atoms with van der Waals surface area (Å²) in [6, 6.07) is 20.2. The molecule has 0 aliphatic rings. The van der Waals surface area contributed by atoms with Crippen LogP contribution < -0.4 is 15.4 Å². The third kappa shape index (κ3) is 5.26. The largest absolute Gasteiger partial charge is 0.481 e. The van der Waals surface area contributed by atoms with E-state index in [4.69, 9.17) is 4.74 Å². The molecule has 5 nitrogen and oxygen atoms in total. The van der Waals surface area contributed by atoms with Crippen LogP contribution in [0.2, 0.25) is 0 Å². The second-order valence-electron chi connectivity index (χ2n) is 7.36. The molecule has 1 unspecified atom stereocenters. The number of benzene rings is 3. The average molecular weight is 402 g/mol. The standard InChI is InChI=1S/C25H26N2O3/c1-16-8-7-9-21(14-16)30-19(4)24(28)27-23-11-6-5-10-22(23)25(29)26-20-13-12-17(2)18(3)15-20/h5-15,19H,1-4H3,(H,26,29)(H,27,28). The molecule has 3 rings (SSSR count). The molecule has 0 bridgehead atoms. The summed E-state index contributed by atoms with van der Waals surface area (Å²) in [4.78, 5) is 25.5. The van der Waals surface area contributed by atoms with Crippen LogP contribution in [0.5, 0.6) is 5.75 Å². The number of ether oxygens (including phenoxy) is 1. The molecule has 0 fully saturated rings. The fraction of sp³-hybridized carbons (Fsp3) is 0.200. The van der Waals surface area contributed by atoms with Crippen molar-refractivity contribution in [1.29, 1.82) is 0 Å². The lowest BCUT2D eigenvalue weighted by molar-refractivity contribution is -0.122. The zero-order valence-corrected chi connectivity index (χ0v) is 17.7. The van der Waals surface area contributed by atoms with Crippen molar-refractivity contribution in [3.8, 4) is 5.75 Å². The Balaban J connectivity index is 1.71. The Morgan fingerprint density at radius 1 is 0.833 bits per heavy atom. The Hall–Kier alpha value is -3.60. The molecule has 154 valence electrons. The van der Waals surface area contributed by atoms with E-state index in [0.29, 0.717) is 22.7 Å². The van der Waals surface area contributed by atoms with Crippen LogP contribution in [0.15, 0.2) is 66.7 Å². The molecule has 1 atom stereocenters. The van der Waals surface area contributed by atoms with Crippen molar-refractivity contribution in [2.75, 3.05) is 10.6 Å². The SMILES string of the molecule is Cc1cccc(OC(C)C(=O)Nc2ccccc2C(=O)Nc2ccc(C)c(C)c2)c1. The Kier molecular flexibility index (Phi) is 6.52. The minimum Gasteiger partial charge on any atom is -0.481 e. The first kappa shape index (κ1) is 21.1. The van der Waals surface area contributed by atoms with E-state index in [0.717, 1.165) is 16.7 Å². The predicted octanol–water partition coefficient (Wildman–Crippen LogP) is 5.27. The Morgan fingerprint density at radius 3 is 2.33 bits per heavy atom. The first-order chi connectivity index (χ1) is 14.3. The van der Waals surface area contributed by atoms with Gasteiger partial charge in [-0.1, -0.05) is 30.3 Å². The van der Waals surface area contributed by atoms with Crippen LogP contribution in [-0.4, -0.2) is 17.9 Å². The molecule has 0 aromatic heterocycles. The van der Waals surface area contributed by atoms with E-state index < -0.39 is 6.10 Å². The predicted molar refractivity (Wildman–Crippen MR) is 120 cm³/mol. The molecule has 0 heterocycles. The van der Waals surface area contributed by atoms with Gasteiger partial charge in [-0.15, -0.1) is 0 Å². The molecule has 0 spiro atoms. The number of hydrogen-bond donors (Lipinski definition) is 2. The van der Waals surface area contributed by atoms with E-state index in [1.165, 1.54) is 0 Å². The number of nitrogens with one attached hydrogen (secondary N) is 2. The van der Waals surface area contributed by atoms with Gasteiger partial charge in [-0.3, -0.25) is 9.59 Å². The Labute approximate surface area is 177 Å². The second-order valence-corrected chi connectivity index (χ2v) is 7.36. The monoisotopic (exact) mass is 402 g/mol. The summed E-state index contributed by atoms with van der Waals surface area (Å²) in [6.45, 7) is 7.65. The van der Waals surface area contributed by atoms with Gasteiger partial charge in [-0.2, -0.15) is 0 Å². The van der Waals surface area contributed by atoms with Crippen LogP contribution in [0.1, 0.15) is 34.0 Å². The molecule has 0 saturated carbocycles. The lowest BCUT2D eigenvalue weighted by Crippen LogP contribution is -2.31. The molecule has 0 radical (unpaired) electrons. The van der Waals surface area contributed by atoms with Crippen molar-refractivity contribution in [3.63, 3.8) is 0 Å². The number of rotatable bonds is 6. The number of carbonyl (C=O) groups is 2. The van der Waals surface area contributed by atoms with Gasteiger partial charge in [0.15, 0.2) is 6.10 Å². The molecule has 5 heteroatoms. The minimum absolute atomic E-state index is 0.290. The lowest BCUT2D eigenvalue weighted by Gasteiger charge is -2.17. The van der Waals surface area contributed by atoms with Crippen LogP contribution in [-0.2, 0) is 4.79 Å². The first-order valence-corrected chi connectivity index (χ1v) is 9.85. The van der Waals surface area contributed by atoms with E-state index >= 15 is 0 Å². The maximum absolute atomic E-state index is 12.8. The van der Waals surface area contributed by atoms with E-state index in [1.54, 1.807) is 31.2 Å². The van der Waals surface area contributed by atoms with Crippen molar-refractivity contribution in [2.45, 2.75) is 33.8 Å². The molecular weight excluding hydrogens is 376 g/mol. The highest BCUT2D eigenvalue weighted by molar-refractivity contribution is 6.10. The van der Waals surface area contributed by atoms with Gasteiger partial charge in [-0.05, 0) is 80.8 Å². The molecule has 0 aliphatic carbocycles. The van der Waals surface area contributed by atoms with E-state index in [1.807, 2.05) is 63.2 Å². The number of carbonyl (C=O) groups excluding carboxylic acids is 2. The van der Waals surface area contributed by atoms with Gasteiger partial charge < -0.3 is 15.4 Å². The lowest BCUT2D eigenvalue weighted by atomic mass is 10.1. The van der Waals surface area contributed by atoms with Gasteiger partial charge in [0.25, 0.3) is 11.8 Å². The van der Waals surface area contributed by atoms with Gasteiger partial charge >= 0.3 is 0 Å². The van der Waals surface area contributed by atoms with Gasteiger partial charge in [-0.25, -0.2) is 0 Å². The maximum atomic E-state index is 12.8. The zero-order valence-electron chi connectivity index (χ0n) is 17.7. The molecule has 30 heavy (non-hydrogen) atoms. The van der Waals surface area contributed by atoms with Crippen molar-refractivity contribution >= 4 is 23.2 Å². The number of aryl methyl sites for hydroxylation is 3. The molecule has 2 amide bonds. The minimum atomic E-state index is -0.720. The Morgan fingerprint density at radius 2 is 1.60 bits per heavy atom. The fourth-order valence-electron chi connectivity index (χ4n) is 2.99. The van der Waals surface area contributed by atoms with Gasteiger partial charge in [0.2, 0.25) is 0 Å². The summed E-state index contributed by atoms with van der Waals surface area (Å²) >= 11 is 0. The zero-order chi connectivity index (χ0) is 21.7. The van der Waals surface area contributed by atoms with Crippen LogP contribution in [0.4, 0.5) is 11.4 Å². The Bertz CT molecular complexity index is 1080. The van der Waals surface area contributed by atoms with Crippen molar-refractivity contribution in [2.24, 2.45) is 0 Å². The van der Waals surface area contributed by atoms with Gasteiger partial charge in [0, 0.05) is 5.69 Å². The van der Waals surface area contributed by atoms with Crippen molar-refractivity contribution in [1.82, 2.24) is 0 Å². The summed E-state index contributed by atoms with van der Waals surface area (Å²) in [5, 5.41) is 5.70. The maximum Gasteiger partial charge on any atom is 0.265 e. The third-order valence-electron chi connectivity index (χ3n) is 4.87. The summed E-state index contributed by atoms with van der Waals surface area (Å²) in [7, 11) is 0. The van der Waals surface area contributed by atoms with E-state index in [2.05, 4.69) is 10.6 Å². The molecule has 3 aromatic rings. The summed E-state index contributed by atoms with van der Waals surface area (Å²) < 4.78 is 5.74. The first-order valence-electron chi connectivity index (χ1n) is 9.85. The quantitative estimate of drug-likeness (QED) is 0.590. The number of amides is 2. The van der Waals surface area contributed by atoms with E-state index in [-0.39, 0.29) is 11.8 Å². The van der Waals surface area contributed by atoms with E-state index in [9.17, 15) is 9.59 Å². The highest BCUT2D eigenvalue weighted by Crippen LogP contribution is 2.20. The summed E-state index contributed by atoms with van der Waals surface area (Å²) in [5.74, 6) is 0.00256. The smallest absolute Gasteiger partial charge is 0.265 e. The topological polar surface area (TPSA) is 67.4 Å². The highest BCUT2D eigenvalue weighted by atomic mass is 16.5. The summed E-state index contributed by atoms with van der Waals surface area (Å²) in [5.41, 5.74) is 4.82. The van der Waals surface area contributed by atoms with Crippen LogP contribution >= 0.6 is 0 Å². The number of anilines is 2. The molecule has 2 N–H and O–H groups in total. The fourth-order valence-corrected chi connectivity index (χ4v) is 2.99. The summed E-state index contributed by atoms with van der Waals surface area (Å²) in [6.07, 6.45) is -0.720. The second kappa shape index (κ2) is 9.27. The van der Waals surface area contributed by atoms with Crippen molar-refractivity contribution in [3.05, 3.63) is 89.0 Å². The number of hydrogen-bond acceptors (Lipinski definition) is 3. The molecule has 3 aromatic carbocycles. The third-order valence-corrected chi connectivity index (χ3v) is 4.87. The van der Waals surface area contributed by atoms with Gasteiger partial charge in [0.05, 0.1) is 11.3 Å². The molecule has 0 saturated heterocycles. The average Bonchev–Trinajstić information content (AvgIpc) is 2.71. The van der Waals surface area contributed by atoms with Crippen LogP contribution in [0.25, 0.3) is 0 Å². The normalized spacial score (nSPS) is 11.5. The van der Waals surface area contributed by atoms with Gasteiger partial charge in [0.1, 0.15) is 5.75 Å². The number of para-hydroxylation sites is 1.